The van der Waals surface area contributed by atoms with Crippen LogP contribution in [-0.2, 0) is 4.79 Å². The van der Waals surface area contributed by atoms with E-state index in [9.17, 15) is 4.79 Å². The second-order valence-corrected chi connectivity index (χ2v) is 3.91. The molecule has 0 spiro atoms. The first-order valence-corrected chi connectivity index (χ1v) is 5.91. The smallest absolute Gasteiger partial charge is 0.234 e. The van der Waals surface area contributed by atoms with Gasteiger partial charge in [0, 0.05) is 25.8 Å². The molecule has 0 unspecified atom stereocenters. The first-order valence-electron chi connectivity index (χ1n) is 5.91. The molecule has 1 rings (SSSR count). The fourth-order valence-corrected chi connectivity index (χ4v) is 1.49. The summed E-state index contributed by atoms with van der Waals surface area (Å²) in [5.41, 5.74) is 1.14. The summed E-state index contributed by atoms with van der Waals surface area (Å²) in [6.07, 6.45) is 5.07. The Morgan fingerprint density at radius 3 is 2.78 bits per heavy atom. The van der Waals surface area contributed by atoms with Crippen LogP contribution in [0.15, 0.2) is 30.3 Å². The standard InChI is InChI=1S/C14H19N3O/c1-3-9-15-12-14(18)16-10-11-17(2)13-7-5-4-6-8-13/h1,4-8,15H,9-12H2,2H3,(H,16,18). The highest BCUT2D eigenvalue weighted by atomic mass is 16.1. The number of nitrogens with zero attached hydrogens (tertiary/aromatic N) is 1. The highest BCUT2D eigenvalue weighted by Gasteiger charge is 2.02. The Labute approximate surface area is 108 Å². The molecule has 18 heavy (non-hydrogen) atoms. The largest absolute Gasteiger partial charge is 0.373 e. The van der Waals surface area contributed by atoms with Crippen molar-refractivity contribution in [2.45, 2.75) is 0 Å². The number of hydrogen-bond donors (Lipinski definition) is 2. The van der Waals surface area contributed by atoms with Crippen LogP contribution in [0.3, 0.4) is 0 Å². The molecule has 1 aromatic carbocycles. The third kappa shape index (κ3) is 5.37. The third-order valence-corrected chi connectivity index (χ3v) is 2.48. The van der Waals surface area contributed by atoms with E-state index in [0.717, 1.165) is 12.2 Å². The molecule has 0 bridgehead atoms. The predicted octanol–water partition coefficient (Wildman–Crippen LogP) is 0.462. The molecule has 4 nitrogen and oxygen atoms in total. The lowest BCUT2D eigenvalue weighted by molar-refractivity contribution is -0.120. The van der Waals surface area contributed by atoms with Crippen LogP contribution >= 0.6 is 0 Å². The number of amides is 1. The van der Waals surface area contributed by atoms with Crippen molar-refractivity contribution in [3.05, 3.63) is 30.3 Å². The molecule has 0 aliphatic heterocycles. The molecule has 0 saturated heterocycles. The van der Waals surface area contributed by atoms with Crippen LogP contribution in [0.5, 0.6) is 0 Å². The van der Waals surface area contributed by atoms with Gasteiger partial charge in [-0.25, -0.2) is 0 Å². The number of para-hydroxylation sites is 1. The average Bonchev–Trinajstić information content (AvgIpc) is 2.40. The van der Waals surface area contributed by atoms with Gasteiger partial charge < -0.3 is 10.2 Å². The van der Waals surface area contributed by atoms with E-state index in [0.29, 0.717) is 13.1 Å². The van der Waals surface area contributed by atoms with E-state index < -0.39 is 0 Å². The van der Waals surface area contributed by atoms with Gasteiger partial charge in [-0.05, 0) is 12.1 Å². The van der Waals surface area contributed by atoms with Crippen molar-refractivity contribution in [1.29, 1.82) is 0 Å². The lowest BCUT2D eigenvalue weighted by Gasteiger charge is -2.19. The van der Waals surface area contributed by atoms with Gasteiger partial charge in [-0.3, -0.25) is 10.1 Å². The Kier molecular flexibility index (Phi) is 6.37. The van der Waals surface area contributed by atoms with Crippen LogP contribution in [0.4, 0.5) is 5.69 Å². The number of likely N-dealkylation sites (N-methyl/N-ethyl adjacent to an activating group) is 1. The molecule has 4 heteroatoms. The van der Waals surface area contributed by atoms with Crippen molar-refractivity contribution in [3.63, 3.8) is 0 Å². The highest BCUT2D eigenvalue weighted by Crippen LogP contribution is 2.09. The first kappa shape index (κ1) is 14.1. The third-order valence-electron chi connectivity index (χ3n) is 2.48. The number of terminal acetylenes is 1. The minimum absolute atomic E-state index is 0.0355. The van der Waals surface area contributed by atoms with Crippen molar-refractivity contribution >= 4 is 11.6 Å². The fraction of sp³-hybridized carbons (Fsp3) is 0.357. The summed E-state index contributed by atoms with van der Waals surface area (Å²) in [6, 6.07) is 10.0. The van der Waals surface area contributed by atoms with Crippen molar-refractivity contribution in [1.82, 2.24) is 10.6 Å². The molecular weight excluding hydrogens is 226 g/mol. The van der Waals surface area contributed by atoms with Crippen LogP contribution in [0, 0.1) is 12.3 Å². The molecule has 0 fully saturated rings. The number of carbonyl (C=O) groups is 1. The first-order chi connectivity index (χ1) is 8.74. The van der Waals surface area contributed by atoms with Crippen LogP contribution < -0.4 is 15.5 Å². The molecule has 1 aromatic rings. The summed E-state index contributed by atoms with van der Waals surface area (Å²) < 4.78 is 0. The Hall–Kier alpha value is -1.99. The van der Waals surface area contributed by atoms with Gasteiger partial charge in [0.05, 0.1) is 13.1 Å². The monoisotopic (exact) mass is 245 g/mol. The van der Waals surface area contributed by atoms with E-state index in [2.05, 4.69) is 21.5 Å². The maximum absolute atomic E-state index is 11.4. The van der Waals surface area contributed by atoms with Crippen LogP contribution in [0.1, 0.15) is 0 Å². The van der Waals surface area contributed by atoms with Gasteiger partial charge in [0.25, 0.3) is 0 Å². The van der Waals surface area contributed by atoms with Crippen molar-refractivity contribution < 1.29 is 4.79 Å². The predicted molar refractivity (Wildman–Crippen MR) is 74.4 cm³/mol. The summed E-state index contributed by atoms with van der Waals surface area (Å²) in [5.74, 6) is 2.38. The van der Waals surface area contributed by atoms with Gasteiger partial charge in [0.1, 0.15) is 0 Å². The van der Waals surface area contributed by atoms with Gasteiger partial charge in [0.2, 0.25) is 5.91 Å². The van der Waals surface area contributed by atoms with Gasteiger partial charge in [0.15, 0.2) is 0 Å². The molecule has 0 atom stereocenters. The number of hydrogen-bond acceptors (Lipinski definition) is 3. The molecule has 0 aliphatic carbocycles. The quantitative estimate of drug-likeness (QED) is 0.542. The van der Waals surface area contributed by atoms with E-state index in [4.69, 9.17) is 6.42 Å². The van der Waals surface area contributed by atoms with E-state index in [-0.39, 0.29) is 12.5 Å². The number of benzene rings is 1. The lowest BCUT2D eigenvalue weighted by atomic mass is 10.3. The topological polar surface area (TPSA) is 44.4 Å². The van der Waals surface area contributed by atoms with Crippen LogP contribution in [-0.4, -0.2) is 39.1 Å². The zero-order valence-corrected chi connectivity index (χ0v) is 10.6. The average molecular weight is 245 g/mol. The summed E-state index contributed by atoms with van der Waals surface area (Å²) >= 11 is 0. The number of nitrogens with one attached hydrogen (secondary N) is 2. The fourth-order valence-electron chi connectivity index (χ4n) is 1.49. The molecule has 0 radical (unpaired) electrons. The minimum atomic E-state index is -0.0355. The molecule has 2 N–H and O–H groups in total. The number of rotatable bonds is 7. The molecule has 96 valence electrons. The maximum Gasteiger partial charge on any atom is 0.234 e. The highest BCUT2D eigenvalue weighted by molar-refractivity contribution is 5.78. The number of carbonyl (C=O) groups excluding carboxylic acids is 1. The Morgan fingerprint density at radius 2 is 2.11 bits per heavy atom. The van der Waals surface area contributed by atoms with E-state index in [1.807, 2.05) is 37.4 Å². The minimum Gasteiger partial charge on any atom is -0.373 e. The Bertz CT molecular complexity index is 397. The van der Waals surface area contributed by atoms with Crippen molar-refractivity contribution in [3.8, 4) is 12.3 Å². The zero-order chi connectivity index (χ0) is 13.2. The van der Waals surface area contributed by atoms with E-state index in [1.165, 1.54) is 0 Å². The van der Waals surface area contributed by atoms with Crippen molar-refractivity contribution in [2.75, 3.05) is 38.1 Å². The summed E-state index contributed by atoms with van der Waals surface area (Å²) in [7, 11) is 2.00. The molecule has 0 saturated carbocycles. The van der Waals surface area contributed by atoms with Gasteiger partial charge >= 0.3 is 0 Å². The second kappa shape index (κ2) is 8.15. The maximum atomic E-state index is 11.4. The zero-order valence-electron chi connectivity index (χ0n) is 10.6. The molecule has 0 aromatic heterocycles. The second-order valence-electron chi connectivity index (χ2n) is 3.91. The molecule has 0 aliphatic rings. The van der Waals surface area contributed by atoms with Crippen LogP contribution in [0.2, 0.25) is 0 Å². The molecular formula is C14H19N3O. The Morgan fingerprint density at radius 1 is 1.39 bits per heavy atom. The SMILES string of the molecule is C#CCNCC(=O)NCCN(C)c1ccccc1. The number of anilines is 1. The summed E-state index contributed by atoms with van der Waals surface area (Å²) in [4.78, 5) is 13.5. The molecule has 0 heterocycles. The van der Waals surface area contributed by atoms with Crippen molar-refractivity contribution in [2.24, 2.45) is 0 Å². The normalized spacial score (nSPS) is 9.56. The summed E-state index contributed by atoms with van der Waals surface area (Å²) in [5, 5.41) is 5.67. The lowest BCUT2D eigenvalue weighted by Crippen LogP contribution is -2.38. The van der Waals surface area contributed by atoms with Gasteiger partial charge in [-0.1, -0.05) is 24.1 Å². The van der Waals surface area contributed by atoms with E-state index in [1.54, 1.807) is 0 Å². The Balaban J connectivity index is 2.18. The van der Waals surface area contributed by atoms with Crippen LogP contribution in [0.25, 0.3) is 0 Å². The van der Waals surface area contributed by atoms with Gasteiger partial charge in [-0.15, -0.1) is 6.42 Å². The van der Waals surface area contributed by atoms with E-state index >= 15 is 0 Å². The summed E-state index contributed by atoms with van der Waals surface area (Å²) in [6.45, 7) is 2.06. The van der Waals surface area contributed by atoms with Gasteiger partial charge in [-0.2, -0.15) is 0 Å². The molecule has 1 amide bonds.